The zero-order valence-corrected chi connectivity index (χ0v) is 33.7. The first kappa shape index (κ1) is 45.6. The standard InChI is InChI=1S/C39H68N8O8/c1-6-7-8-12-15-31-24(4)39(54)47(5)30(18-23(2)3)37(52)46-33(25-13-10-9-11-14-25)38(53)45-29(20-40)36(51)44-28(35(50)43-22-32(48)55-31)19-26-21-42-17-16-27(26)34(41)49/h23-31,33,42H,6-22,40H2,1-5H3,(H2,41,49)(H,43,50)(H,44,51)(H,45,53)(H,46,52)/t24-,26?,27?,28+,29+,30+,31-,33+/m1/s1. The van der Waals surface area contributed by atoms with Gasteiger partial charge in [-0.2, -0.15) is 0 Å². The van der Waals surface area contributed by atoms with E-state index in [0.717, 1.165) is 38.5 Å². The number of unbranched alkanes of at least 4 members (excludes halogenated alkanes) is 3. The molecule has 3 rings (SSSR count). The number of esters is 1. The average molecular weight is 777 g/mol. The molecule has 1 aliphatic carbocycles. The second-order valence-corrected chi connectivity index (χ2v) is 16.2. The number of hydrogen-bond donors (Lipinski definition) is 7. The zero-order chi connectivity index (χ0) is 40.7. The van der Waals surface area contributed by atoms with Gasteiger partial charge in [-0.05, 0) is 75.8 Å². The summed E-state index contributed by atoms with van der Waals surface area (Å²) in [5, 5.41) is 14.2. The maximum Gasteiger partial charge on any atom is 0.325 e. The largest absolute Gasteiger partial charge is 0.460 e. The molecule has 6 amide bonds. The summed E-state index contributed by atoms with van der Waals surface area (Å²) in [7, 11) is 1.55. The van der Waals surface area contributed by atoms with E-state index in [9.17, 15) is 33.6 Å². The van der Waals surface area contributed by atoms with Crippen LogP contribution in [0.4, 0.5) is 0 Å². The van der Waals surface area contributed by atoms with Crippen molar-refractivity contribution in [2.75, 3.05) is 33.2 Å². The van der Waals surface area contributed by atoms with Gasteiger partial charge >= 0.3 is 5.97 Å². The van der Waals surface area contributed by atoms with E-state index in [0.29, 0.717) is 51.6 Å². The number of likely N-dealkylation sites (N-methyl/N-ethyl adjacent to an activating group) is 1. The van der Waals surface area contributed by atoms with Crippen molar-refractivity contribution in [2.24, 2.45) is 41.1 Å². The second-order valence-electron chi connectivity index (χ2n) is 16.2. The molecule has 312 valence electrons. The first-order valence-corrected chi connectivity index (χ1v) is 20.5. The minimum atomic E-state index is -1.28. The normalized spacial score (nSPS) is 30.3. The molecule has 1 saturated carbocycles. The molecule has 2 unspecified atom stereocenters. The molecule has 8 atom stereocenters. The van der Waals surface area contributed by atoms with Gasteiger partial charge in [0.25, 0.3) is 0 Å². The maximum absolute atomic E-state index is 14.2. The zero-order valence-electron chi connectivity index (χ0n) is 33.7. The Kier molecular flexibility index (Phi) is 18.8. The molecule has 16 heteroatoms. The van der Waals surface area contributed by atoms with Gasteiger partial charge < -0.3 is 47.7 Å². The SMILES string of the molecule is CCCCCC[C@H]1OC(=O)CNC(=O)[C@H](CC2CNCCC2C(N)=O)NC(=O)[C@H](CN)NC(=O)[C@H](C2CCCCC2)NC(=O)[C@H](CC(C)C)N(C)C(=O)[C@@H]1C. The summed E-state index contributed by atoms with van der Waals surface area (Å²) in [6.07, 6.45) is 7.95. The van der Waals surface area contributed by atoms with Crippen LogP contribution < -0.4 is 38.1 Å². The molecular formula is C39H68N8O8. The second kappa shape index (κ2) is 22.7. The molecule has 2 saturated heterocycles. The number of amides is 6. The summed E-state index contributed by atoms with van der Waals surface area (Å²) in [6, 6.07) is -4.45. The highest BCUT2D eigenvalue weighted by Crippen LogP contribution is 2.28. The molecule has 0 aromatic carbocycles. The van der Waals surface area contributed by atoms with E-state index in [4.69, 9.17) is 16.2 Å². The van der Waals surface area contributed by atoms with Gasteiger partial charge in [0.15, 0.2) is 0 Å². The topological polar surface area (TPSA) is 244 Å². The van der Waals surface area contributed by atoms with Crippen molar-refractivity contribution in [3.8, 4) is 0 Å². The number of nitrogens with two attached hydrogens (primary N) is 2. The van der Waals surface area contributed by atoms with Crippen LogP contribution in [0.2, 0.25) is 0 Å². The molecule has 2 aliphatic heterocycles. The summed E-state index contributed by atoms with van der Waals surface area (Å²) in [6.45, 7) is 7.70. The number of rotatable bonds is 12. The molecule has 0 spiro atoms. The van der Waals surface area contributed by atoms with E-state index >= 15 is 0 Å². The number of piperidine rings is 1. The quantitative estimate of drug-likeness (QED) is 0.108. The highest BCUT2D eigenvalue weighted by molar-refractivity contribution is 5.96. The summed E-state index contributed by atoms with van der Waals surface area (Å²) in [5.41, 5.74) is 11.7. The lowest BCUT2D eigenvalue weighted by Crippen LogP contribution is -2.62. The highest BCUT2D eigenvalue weighted by Gasteiger charge is 2.40. The van der Waals surface area contributed by atoms with E-state index < -0.39 is 96.0 Å². The lowest BCUT2D eigenvalue weighted by Gasteiger charge is -2.36. The Bertz CT molecular complexity index is 1320. The predicted octanol–water partition coefficient (Wildman–Crippen LogP) is 0.602. The minimum Gasteiger partial charge on any atom is -0.460 e. The number of hydrogen-bond acceptors (Lipinski definition) is 10. The monoisotopic (exact) mass is 777 g/mol. The summed E-state index contributed by atoms with van der Waals surface area (Å²) in [5.74, 6) is -6.21. The molecule has 9 N–H and O–H groups in total. The van der Waals surface area contributed by atoms with Crippen molar-refractivity contribution in [2.45, 2.75) is 141 Å². The first-order chi connectivity index (χ1) is 26.2. The highest BCUT2D eigenvalue weighted by atomic mass is 16.5. The molecule has 0 bridgehead atoms. The molecular weight excluding hydrogens is 708 g/mol. The fraction of sp³-hybridized carbons (Fsp3) is 0.821. The number of nitrogens with zero attached hydrogens (tertiary/aromatic N) is 1. The Morgan fingerprint density at radius 2 is 1.58 bits per heavy atom. The van der Waals surface area contributed by atoms with E-state index in [2.05, 4.69) is 33.5 Å². The Morgan fingerprint density at radius 1 is 0.891 bits per heavy atom. The fourth-order valence-electron chi connectivity index (χ4n) is 8.16. The lowest BCUT2D eigenvalue weighted by molar-refractivity contribution is -0.157. The van der Waals surface area contributed by atoms with E-state index in [1.165, 1.54) is 4.90 Å². The van der Waals surface area contributed by atoms with Crippen molar-refractivity contribution in [1.29, 1.82) is 0 Å². The molecule has 3 aliphatic rings. The number of ether oxygens (including phenoxy) is 1. The Morgan fingerprint density at radius 3 is 2.22 bits per heavy atom. The van der Waals surface area contributed by atoms with Crippen LogP contribution in [-0.2, 0) is 38.3 Å². The molecule has 3 fully saturated rings. The van der Waals surface area contributed by atoms with Gasteiger partial charge in [-0.3, -0.25) is 33.6 Å². The number of carbonyl (C=O) groups excluding carboxylic acids is 7. The third-order valence-corrected chi connectivity index (χ3v) is 11.5. The van der Waals surface area contributed by atoms with Gasteiger partial charge in [0.1, 0.15) is 36.8 Å². The Labute approximate surface area is 326 Å². The van der Waals surface area contributed by atoms with Crippen molar-refractivity contribution >= 4 is 41.4 Å². The molecule has 55 heavy (non-hydrogen) atoms. The smallest absolute Gasteiger partial charge is 0.325 e. The van der Waals surface area contributed by atoms with Crippen LogP contribution in [0.5, 0.6) is 0 Å². The third kappa shape index (κ3) is 13.7. The van der Waals surface area contributed by atoms with E-state index in [-0.39, 0.29) is 24.8 Å². The van der Waals surface area contributed by atoms with Gasteiger partial charge in [-0.1, -0.05) is 66.2 Å². The van der Waals surface area contributed by atoms with Gasteiger partial charge in [0.2, 0.25) is 35.4 Å². The van der Waals surface area contributed by atoms with Crippen LogP contribution in [0.25, 0.3) is 0 Å². The third-order valence-electron chi connectivity index (χ3n) is 11.5. The van der Waals surface area contributed by atoms with Gasteiger partial charge in [-0.25, -0.2) is 0 Å². The van der Waals surface area contributed by atoms with Crippen molar-refractivity contribution in [3.63, 3.8) is 0 Å². The number of cyclic esters (lactones) is 1. The molecule has 2 heterocycles. The molecule has 16 nitrogen and oxygen atoms in total. The van der Waals surface area contributed by atoms with Gasteiger partial charge in [0.05, 0.1) is 5.92 Å². The minimum absolute atomic E-state index is 0.00832. The van der Waals surface area contributed by atoms with Crippen LogP contribution in [0, 0.1) is 29.6 Å². The first-order valence-electron chi connectivity index (χ1n) is 20.5. The fourth-order valence-corrected chi connectivity index (χ4v) is 8.16. The predicted molar refractivity (Wildman–Crippen MR) is 207 cm³/mol. The van der Waals surface area contributed by atoms with E-state index in [1.807, 2.05) is 13.8 Å². The van der Waals surface area contributed by atoms with Crippen LogP contribution in [0.3, 0.4) is 0 Å². The summed E-state index contributed by atoms with van der Waals surface area (Å²) < 4.78 is 5.89. The van der Waals surface area contributed by atoms with Gasteiger partial charge in [0, 0.05) is 19.5 Å². The summed E-state index contributed by atoms with van der Waals surface area (Å²) in [4.78, 5) is 97.1. The lowest BCUT2D eigenvalue weighted by atomic mass is 9.81. The van der Waals surface area contributed by atoms with Crippen molar-refractivity contribution in [1.82, 2.24) is 31.5 Å². The molecule has 0 aromatic heterocycles. The van der Waals surface area contributed by atoms with Gasteiger partial charge in [-0.15, -0.1) is 0 Å². The number of nitrogens with one attached hydrogen (secondary N) is 5. The van der Waals surface area contributed by atoms with Crippen molar-refractivity contribution < 1.29 is 38.3 Å². The molecule has 0 radical (unpaired) electrons. The average Bonchev–Trinajstić information content (AvgIpc) is 3.16. The van der Waals surface area contributed by atoms with Crippen LogP contribution in [0.1, 0.15) is 111 Å². The summed E-state index contributed by atoms with van der Waals surface area (Å²) >= 11 is 0. The van der Waals surface area contributed by atoms with Crippen LogP contribution in [-0.4, -0.2) is 110 Å². The molecule has 0 aromatic rings. The number of primary amides is 1. The number of carbonyl (C=O) groups is 7. The Balaban J connectivity index is 2.04. The van der Waals surface area contributed by atoms with Crippen molar-refractivity contribution in [3.05, 3.63) is 0 Å². The van der Waals surface area contributed by atoms with Crippen LogP contribution >= 0.6 is 0 Å². The maximum atomic E-state index is 14.2. The van der Waals surface area contributed by atoms with E-state index in [1.54, 1.807) is 14.0 Å². The van der Waals surface area contributed by atoms with Crippen LogP contribution in [0.15, 0.2) is 0 Å². The Hall–Kier alpha value is -3.79.